The van der Waals surface area contributed by atoms with Crippen LogP contribution >= 0.6 is 45.3 Å². The van der Waals surface area contributed by atoms with Gasteiger partial charge in [-0.15, -0.1) is 45.3 Å². The number of methoxy groups -OCH3 is 1. The smallest absolute Gasteiger partial charge is 0.146 e. The molecule has 4 heterocycles. The molecule has 4 aromatic heterocycles. The summed E-state index contributed by atoms with van der Waals surface area (Å²) < 4.78 is 15.5. The largest absolute Gasteiger partial charge is 0.495 e. The molecule has 0 unspecified atom stereocenters. The number of hydrogen-bond acceptors (Lipinski definition) is 8. The minimum absolute atomic E-state index is 0.742. The summed E-state index contributed by atoms with van der Waals surface area (Å²) in [6.07, 6.45) is 48.5. The molecule has 4 nitrogen and oxygen atoms in total. The van der Waals surface area contributed by atoms with E-state index in [2.05, 4.69) is 43.7 Å². The molecule has 364 valence electrons. The maximum atomic E-state index is 6.89. The summed E-state index contributed by atoms with van der Waals surface area (Å²) in [4.78, 5) is 12.8. The molecule has 0 saturated carbocycles. The van der Waals surface area contributed by atoms with Gasteiger partial charge in [-0.25, -0.2) is 9.97 Å². The molecule has 5 rings (SSSR count). The first-order chi connectivity index (χ1) is 32.2. The van der Waals surface area contributed by atoms with E-state index in [-0.39, 0.29) is 0 Å². The van der Waals surface area contributed by atoms with Gasteiger partial charge in [0.05, 0.1) is 44.3 Å². The number of aromatic nitrogens is 2. The Hall–Kier alpha value is -2.00. The summed E-state index contributed by atoms with van der Waals surface area (Å²) in [6, 6.07) is 4.67. The summed E-state index contributed by atoms with van der Waals surface area (Å²) in [7, 11) is 1.83. The molecule has 0 radical (unpaired) electrons. The minimum Gasteiger partial charge on any atom is -0.495 e. The van der Waals surface area contributed by atoms with Gasteiger partial charge < -0.3 is 9.47 Å². The highest BCUT2D eigenvalue weighted by atomic mass is 32.1. The first-order valence-electron chi connectivity index (χ1n) is 27.3. The van der Waals surface area contributed by atoms with Crippen molar-refractivity contribution in [3.63, 3.8) is 0 Å². The highest BCUT2D eigenvalue weighted by molar-refractivity contribution is 7.27. The fourth-order valence-corrected chi connectivity index (χ4v) is 13.6. The molecule has 5 aromatic rings. The topological polar surface area (TPSA) is 44.2 Å². The van der Waals surface area contributed by atoms with Crippen LogP contribution in [0.15, 0.2) is 22.9 Å². The lowest BCUT2D eigenvalue weighted by atomic mass is 10.0. The van der Waals surface area contributed by atoms with Crippen molar-refractivity contribution < 1.29 is 9.47 Å². The average molecular weight is 964 g/mol. The maximum Gasteiger partial charge on any atom is 0.146 e. The number of benzene rings is 1. The Kier molecular flexibility index (Phi) is 27.8. The van der Waals surface area contributed by atoms with Crippen molar-refractivity contribution >= 4 is 65.5 Å². The Labute approximate surface area is 413 Å². The van der Waals surface area contributed by atoms with Gasteiger partial charge in [0.25, 0.3) is 0 Å². The van der Waals surface area contributed by atoms with Gasteiger partial charge in [-0.1, -0.05) is 220 Å². The van der Waals surface area contributed by atoms with E-state index in [9.17, 15) is 0 Å². The quantitative estimate of drug-likeness (QED) is 0.0366. The molecule has 65 heavy (non-hydrogen) atoms. The Morgan fingerprint density at radius 3 is 1.09 bits per heavy atom. The van der Waals surface area contributed by atoms with Crippen molar-refractivity contribution in [3.8, 4) is 31.3 Å². The Morgan fingerprint density at radius 1 is 0.400 bits per heavy atom. The van der Waals surface area contributed by atoms with Gasteiger partial charge in [0.1, 0.15) is 21.5 Å². The maximum absolute atomic E-state index is 6.89. The number of rotatable bonds is 41. The lowest BCUT2D eigenvalue weighted by Gasteiger charge is -2.12. The van der Waals surface area contributed by atoms with Gasteiger partial charge in [-0.05, 0) is 44.2 Å². The van der Waals surface area contributed by atoms with Crippen molar-refractivity contribution in [1.82, 2.24) is 9.97 Å². The third-order valence-electron chi connectivity index (χ3n) is 13.4. The fourth-order valence-electron chi connectivity index (χ4n) is 9.39. The van der Waals surface area contributed by atoms with E-state index >= 15 is 0 Å². The van der Waals surface area contributed by atoms with Gasteiger partial charge >= 0.3 is 0 Å². The van der Waals surface area contributed by atoms with Crippen LogP contribution in [0.1, 0.15) is 250 Å². The van der Waals surface area contributed by atoms with Crippen molar-refractivity contribution in [1.29, 1.82) is 0 Å². The van der Waals surface area contributed by atoms with Crippen LogP contribution < -0.4 is 9.47 Å². The number of thiophene rings is 2. The first-order valence-corrected chi connectivity index (χ1v) is 30.6. The molecule has 8 heteroatoms. The molecule has 0 N–H and O–H groups in total. The van der Waals surface area contributed by atoms with E-state index in [0.29, 0.717) is 0 Å². The number of hydrogen-bond donors (Lipinski definition) is 0. The molecule has 0 atom stereocenters. The van der Waals surface area contributed by atoms with Gasteiger partial charge in [0.2, 0.25) is 0 Å². The van der Waals surface area contributed by atoms with E-state index in [4.69, 9.17) is 19.4 Å². The summed E-state index contributed by atoms with van der Waals surface area (Å²) in [5.74, 6) is 1.98. The second-order valence-electron chi connectivity index (χ2n) is 19.2. The van der Waals surface area contributed by atoms with Gasteiger partial charge in [-0.3, -0.25) is 0 Å². The molecule has 0 fully saturated rings. The number of thiazole rings is 2. The third-order valence-corrected chi connectivity index (χ3v) is 17.8. The van der Waals surface area contributed by atoms with E-state index in [1.165, 1.54) is 248 Å². The van der Waals surface area contributed by atoms with Crippen LogP contribution in [0.3, 0.4) is 0 Å². The standard InChI is InChI=1S/C57H90N2O2S4/c1-5-8-11-14-17-20-23-25-27-30-33-36-39-46-44-62-56(58-46)50-42-48-52(60-4)54-49(53(55(48)65-50)61-41-38-35-32-29-22-19-16-13-10-7-3)43-51(64-54)57-59-47(45-63-57)40-37-34-31-28-26-24-21-18-15-12-9-6-2/h42-45H,5-41H2,1-4H3. The summed E-state index contributed by atoms with van der Waals surface area (Å²) >= 11 is 7.23. The first kappa shape index (κ1) is 53.9. The lowest BCUT2D eigenvalue weighted by Crippen LogP contribution is -1.98. The Morgan fingerprint density at radius 2 is 0.723 bits per heavy atom. The fraction of sp³-hybridized carbons (Fsp3) is 0.719. The normalized spacial score (nSPS) is 11.8. The Bertz CT molecular complexity index is 1830. The van der Waals surface area contributed by atoms with Crippen molar-refractivity contribution in [2.24, 2.45) is 0 Å². The van der Waals surface area contributed by atoms with E-state index in [1.807, 2.05) is 29.8 Å². The van der Waals surface area contributed by atoms with Gasteiger partial charge in [0, 0.05) is 21.5 Å². The predicted octanol–water partition coefficient (Wildman–Crippen LogP) is 21.2. The van der Waals surface area contributed by atoms with Crippen LogP contribution in [0.4, 0.5) is 0 Å². The van der Waals surface area contributed by atoms with Crippen LogP contribution in [0.25, 0.3) is 39.9 Å². The monoisotopic (exact) mass is 963 g/mol. The number of aryl methyl sites for hydroxylation is 2. The van der Waals surface area contributed by atoms with E-state index < -0.39 is 0 Å². The van der Waals surface area contributed by atoms with Crippen LogP contribution in [0.5, 0.6) is 11.5 Å². The second-order valence-corrected chi connectivity index (χ2v) is 23.0. The number of nitrogens with zero attached hydrogens (tertiary/aromatic N) is 2. The van der Waals surface area contributed by atoms with Crippen LogP contribution in [0, 0.1) is 0 Å². The van der Waals surface area contributed by atoms with Crippen molar-refractivity contribution in [2.75, 3.05) is 13.7 Å². The van der Waals surface area contributed by atoms with Crippen LogP contribution in [0.2, 0.25) is 0 Å². The van der Waals surface area contributed by atoms with Crippen molar-refractivity contribution in [2.45, 2.75) is 252 Å². The zero-order chi connectivity index (χ0) is 45.6. The molecule has 0 saturated heterocycles. The Balaban J connectivity index is 1.18. The number of fused-ring (bicyclic) bond motifs is 2. The second kappa shape index (κ2) is 33.5. The molecule has 0 aliphatic heterocycles. The minimum atomic E-state index is 0.742. The van der Waals surface area contributed by atoms with E-state index in [0.717, 1.165) is 52.8 Å². The molecule has 0 amide bonds. The summed E-state index contributed by atoms with van der Waals surface area (Å²) in [5, 5.41) is 9.15. The molecule has 1 aromatic carbocycles. The zero-order valence-electron chi connectivity index (χ0n) is 41.8. The predicted molar refractivity (Wildman–Crippen MR) is 293 cm³/mol. The molecule has 0 aliphatic rings. The average Bonchev–Trinajstić information content (AvgIpc) is 4.16. The SMILES string of the molecule is CCCCCCCCCCCCCCc1csc(-c2cc3c(OCCCCCCCCCCCC)c4sc(-c5nc(CCCCCCCCCCCCCC)cs5)cc4c(OC)c3s2)n1. The van der Waals surface area contributed by atoms with Gasteiger partial charge in [-0.2, -0.15) is 0 Å². The lowest BCUT2D eigenvalue weighted by molar-refractivity contribution is 0.311. The number of unbranched alkanes of at least 4 members (excludes halogenated alkanes) is 31. The van der Waals surface area contributed by atoms with Crippen molar-refractivity contribution in [3.05, 3.63) is 34.3 Å². The zero-order valence-corrected chi connectivity index (χ0v) is 45.1. The number of ether oxygens (including phenoxy) is 2. The highest BCUT2D eigenvalue weighted by Crippen LogP contribution is 2.53. The third kappa shape index (κ3) is 19.5. The molecular formula is C57H90N2O2S4. The van der Waals surface area contributed by atoms with Crippen LogP contribution in [-0.4, -0.2) is 23.7 Å². The van der Waals surface area contributed by atoms with Gasteiger partial charge in [0.15, 0.2) is 0 Å². The van der Waals surface area contributed by atoms with E-state index in [1.54, 1.807) is 22.7 Å². The summed E-state index contributed by atoms with van der Waals surface area (Å²) in [5.41, 5.74) is 2.48. The molecular weight excluding hydrogens is 873 g/mol. The molecule has 0 bridgehead atoms. The summed E-state index contributed by atoms with van der Waals surface area (Å²) in [6.45, 7) is 7.64. The molecule has 0 spiro atoms. The van der Waals surface area contributed by atoms with Crippen LogP contribution in [-0.2, 0) is 12.8 Å². The molecule has 0 aliphatic carbocycles. The highest BCUT2D eigenvalue weighted by Gasteiger charge is 2.24.